The first-order valence-electron chi connectivity index (χ1n) is 11.7. The van der Waals surface area contributed by atoms with Crippen LogP contribution in [0.5, 0.6) is 5.75 Å². The summed E-state index contributed by atoms with van der Waals surface area (Å²) in [5.41, 5.74) is 0.464. The number of ether oxygens (including phenoxy) is 2. The molecule has 1 saturated heterocycles. The molecule has 1 aromatic heterocycles. The third-order valence-corrected chi connectivity index (χ3v) is 6.65. The molecule has 0 aliphatic carbocycles. The minimum atomic E-state index is -0.796. The fourth-order valence-electron chi connectivity index (χ4n) is 4.53. The zero-order valence-electron chi connectivity index (χ0n) is 20.0. The van der Waals surface area contributed by atoms with Crippen LogP contribution >= 0.6 is 11.6 Å². The minimum Gasteiger partial charge on any atom is -0.481 e. The topological polar surface area (TPSA) is 86.0 Å². The number of amides is 1. The molecule has 0 radical (unpaired) electrons. The number of fused-ring (bicyclic) bond motifs is 1. The SMILES string of the molecule is CCOC(=O)C1(C)CCCN(C(=O)C(C)Oc2ccc3c(-c4ccccc4Cl)cc(=O)oc3c2)C1. The predicted molar refractivity (Wildman–Crippen MR) is 134 cm³/mol. The second-order valence-corrected chi connectivity index (χ2v) is 9.43. The number of hydrogen-bond acceptors (Lipinski definition) is 6. The summed E-state index contributed by atoms with van der Waals surface area (Å²) in [4.78, 5) is 39.4. The Morgan fingerprint density at radius 2 is 1.94 bits per heavy atom. The summed E-state index contributed by atoms with van der Waals surface area (Å²) in [5, 5.41) is 1.22. The van der Waals surface area contributed by atoms with Gasteiger partial charge >= 0.3 is 11.6 Å². The maximum absolute atomic E-state index is 13.1. The number of hydrogen-bond donors (Lipinski definition) is 0. The molecule has 3 aromatic rings. The van der Waals surface area contributed by atoms with Gasteiger partial charge in [0.2, 0.25) is 0 Å². The number of halogens is 1. The van der Waals surface area contributed by atoms with E-state index in [1.165, 1.54) is 6.07 Å². The van der Waals surface area contributed by atoms with Crippen LogP contribution in [0.1, 0.15) is 33.6 Å². The molecule has 1 aliphatic rings. The van der Waals surface area contributed by atoms with Gasteiger partial charge in [-0.05, 0) is 51.8 Å². The molecular formula is C27H28ClNO6. The molecule has 35 heavy (non-hydrogen) atoms. The zero-order valence-corrected chi connectivity index (χ0v) is 20.8. The van der Waals surface area contributed by atoms with Gasteiger partial charge in [0.1, 0.15) is 11.3 Å². The molecule has 2 heterocycles. The number of esters is 1. The molecule has 0 saturated carbocycles. The van der Waals surface area contributed by atoms with Gasteiger partial charge in [-0.2, -0.15) is 0 Å². The van der Waals surface area contributed by atoms with E-state index in [-0.39, 0.29) is 18.4 Å². The molecular weight excluding hydrogens is 470 g/mol. The van der Waals surface area contributed by atoms with Crippen molar-refractivity contribution < 1.29 is 23.5 Å². The quantitative estimate of drug-likeness (QED) is 0.349. The molecule has 4 rings (SSSR count). The Balaban J connectivity index is 1.55. The van der Waals surface area contributed by atoms with Crippen molar-refractivity contribution in [2.75, 3.05) is 19.7 Å². The second-order valence-electron chi connectivity index (χ2n) is 9.02. The van der Waals surface area contributed by atoms with Gasteiger partial charge in [-0.1, -0.05) is 29.8 Å². The van der Waals surface area contributed by atoms with Crippen LogP contribution in [0.2, 0.25) is 5.02 Å². The van der Waals surface area contributed by atoms with Crippen molar-refractivity contribution in [3.05, 3.63) is 64.0 Å². The summed E-state index contributed by atoms with van der Waals surface area (Å²) in [6.45, 7) is 6.41. The highest BCUT2D eigenvalue weighted by atomic mass is 35.5. The molecule has 2 atom stereocenters. The van der Waals surface area contributed by atoms with Crippen molar-refractivity contribution >= 4 is 34.4 Å². The summed E-state index contributed by atoms with van der Waals surface area (Å²) in [6, 6.07) is 13.8. The molecule has 8 heteroatoms. The van der Waals surface area contributed by atoms with Gasteiger partial charge in [0.05, 0.1) is 12.0 Å². The number of likely N-dealkylation sites (tertiary alicyclic amines) is 1. The van der Waals surface area contributed by atoms with Gasteiger partial charge in [0.25, 0.3) is 5.91 Å². The van der Waals surface area contributed by atoms with Crippen LogP contribution in [0.25, 0.3) is 22.1 Å². The van der Waals surface area contributed by atoms with E-state index >= 15 is 0 Å². The highest BCUT2D eigenvalue weighted by molar-refractivity contribution is 6.33. The third kappa shape index (κ3) is 5.20. The van der Waals surface area contributed by atoms with Crippen LogP contribution < -0.4 is 10.4 Å². The number of piperidine rings is 1. The van der Waals surface area contributed by atoms with E-state index in [9.17, 15) is 14.4 Å². The molecule has 1 fully saturated rings. The van der Waals surface area contributed by atoms with E-state index < -0.39 is 17.1 Å². The van der Waals surface area contributed by atoms with Gasteiger partial charge in [0.15, 0.2) is 6.10 Å². The molecule has 0 N–H and O–H groups in total. The van der Waals surface area contributed by atoms with Crippen molar-refractivity contribution in [1.29, 1.82) is 0 Å². The van der Waals surface area contributed by atoms with Crippen LogP contribution in [0.4, 0.5) is 0 Å². The predicted octanol–water partition coefficient (Wildman–Crippen LogP) is 5.07. The summed E-state index contributed by atoms with van der Waals surface area (Å²) in [7, 11) is 0. The van der Waals surface area contributed by atoms with Gasteiger partial charge in [-0.25, -0.2) is 4.79 Å². The Labute approximate surface area is 208 Å². The first kappa shape index (κ1) is 24.8. The summed E-state index contributed by atoms with van der Waals surface area (Å²) < 4.78 is 16.6. The van der Waals surface area contributed by atoms with E-state index in [1.54, 1.807) is 43.0 Å². The van der Waals surface area contributed by atoms with Crippen molar-refractivity contribution in [3.8, 4) is 16.9 Å². The standard InChI is InChI=1S/C27H28ClNO6/c1-4-33-26(32)27(3)12-7-13-29(16-27)25(31)17(2)34-18-10-11-20-21(15-24(30)35-23(20)14-18)19-8-5-6-9-22(19)28/h5-6,8-11,14-15,17H,4,7,12-13,16H2,1-3H3. The lowest BCUT2D eigenvalue weighted by atomic mass is 9.82. The molecule has 2 aromatic carbocycles. The van der Waals surface area contributed by atoms with Crippen LogP contribution in [0.15, 0.2) is 57.7 Å². The lowest BCUT2D eigenvalue weighted by molar-refractivity contribution is -0.160. The van der Waals surface area contributed by atoms with Crippen molar-refractivity contribution in [2.24, 2.45) is 5.41 Å². The van der Waals surface area contributed by atoms with E-state index in [1.807, 2.05) is 25.1 Å². The number of carbonyl (C=O) groups is 2. The Bertz CT molecular complexity index is 1320. The Kier molecular flexibility index (Phi) is 7.17. The second kappa shape index (κ2) is 10.1. The summed E-state index contributed by atoms with van der Waals surface area (Å²) >= 11 is 6.35. The van der Waals surface area contributed by atoms with Crippen LogP contribution in [0, 0.1) is 5.41 Å². The van der Waals surface area contributed by atoms with Gasteiger partial charge in [-0.15, -0.1) is 0 Å². The van der Waals surface area contributed by atoms with E-state index in [4.69, 9.17) is 25.5 Å². The highest BCUT2D eigenvalue weighted by Crippen LogP contribution is 2.34. The van der Waals surface area contributed by atoms with Crippen LogP contribution in [-0.4, -0.2) is 42.6 Å². The van der Waals surface area contributed by atoms with Crippen molar-refractivity contribution in [2.45, 2.75) is 39.7 Å². The maximum Gasteiger partial charge on any atom is 0.336 e. The van der Waals surface area contributed by atoms with E-state index in [2.05, 4.69) is 0 Å². The Morgan fingerprint density at radius 1 is 1.17 bits per heavy atom. The van der Waals surface area contributed by atoms with Crippen LogP contribution in [-0.2, 0) is 14.3 Å². The van der Waals surface area contributed by atoms with E-state index in [0.717, 1.165) is 5.56 Å². The molecule has 0 bridgehead atoms. The highest BCUT2D eigenvalue weighted by Gasteiger charge is 2.41. The molecule has 1 amide bonds. The minimum absolute atomic E-state index is 0.216. The molecule has 7 nitrogen and oxygen atoms in total. The maximum atomic E-state index is 13.1. The summed E-state index contributed by atoms with van der Waals surface area (Å²) in [6.07, 6.45) is 0.581. The fraction of sp³-hybridized carbons (Fsp3) is 0.370. The molecule has 184 valence electrons. The van der Waals surface area contributed by atoms with Gasteiger partial charge in [-0.3, -0.25) is 9.59 Å². The third-order valence-electron chi connectivity index (χ3n) is 6.32. The lowest BCUT2D eigenvalue weighted by Gasteiger charge is -2.39. The first-order chi connectivity index (χ1) is 16.7. The normalized spacial score (nSPS) is 18.8. The van der Waals surface area contributed by atoms with E-state index in [0.29, 0.717) is 53.3 Å². The number of rotatable bonds is 6. The Morgan fingerprint density at radius 3 is 2.69 bits per heavy atom. The number of nitrogens with zero attached hydrogens (tertiary/aromatic N) is 1. The average molecular weight is 498 g/mol. The summed E-state index contributed by atoms with van der Waals surface area (Å²) in [5.74, 6) is -0.112. The van der Waals surface area contributed by atoms with Gasteiger partial charge < -0.3 is 18.8 Å². The average Bonchev–Trinajstić information content (AvgIpc) is 2.83. The molecule has 0 spiro atoms. The lowest BCUT2D eigenvalue weighted by Crippen LogP contribution is -2.52. The number of carbonyl (C=O) groups excluding carboxylic acids is 2. The van der Waals surface area contributed by atoms with Crippen molar-refractivity contribution in [3.63, 3.8) is 0 Å². The Hall–Kier alpha value is -3.32. The largest absolute Gasteiger partial charge is 0.481 e. The molecule has 2 unspecified atom stereocenters. The zero-order chi connectivity index (χ0) is 25.2. The first-order valence-corrected chi connectivity index (χ1v) is 12.0. The monoisotopic (exact) mass is 497 g/mol. The smallest absolute Gasteiger partial charge is 0.336 e. The number of benzene rings is 2. The fourth-order valence-corrected chi connectivity index (χ4v) is 4.77. The molecule has 1 aliphatic heterocycles. The van der Waals surface area contributed by atoms with Crippen molar-refractivity contribution in [1.82, 2.24) is 4.90 Å². The van der Waals surface area contributed by atoms with Crippen LogP contribution in [0.3, 0.4) is 0 Å². The van der Waals surface area contributed by atoms with Gasteiger partial charge in [0, 0.05) is 46.8 Å².